The van der Waals surface area contributed by atoms with Crippen LogP contribution in [0.4, 0.5) is 0 Å². The van der Waals surface area contributed by atoms with E-state index in [4.69, 9.17) is 9.47 Å². The third-order valence-electron chi connectivity index (χ3n) is 5.78. The summed E-state index contributed by atoms with van der Waals surface area (Å²) < 4.78 is 11.6. The number of hydrogen-bond donors (Lipinski definition) is 1. The van der Waals surface area contributed by atoms with Crippen molar-refractivity contribution in [3.63, 3.8) is 0 Å². The van der Waals surface area contributed by atoms with E-state index in [0.29, 0.717) is 0 Å². The lowest BCUT2D eigenvalue weighted by molar-refractivity contribution is -0.149. The molecule has 0 radical (unpaired) electrons. The Labute approximate surface area is 144 Å². The van der Waals surface area contributed by atoms with Crippen LogP contribution in [0.1, 0.15) is 46.5 Å². The number of rotatable bonds is 3. The zero-order valence-corrected chi connectivity index (χ0v) is 14.9. The van der Waals surface area contributed by atoms with Crippen LogP contribution in [-0.4, -0.2) is 35.0 Å². The molecule has 0 aromatic rings. The van der Waals surface area contributed by atoms with Gasteiger partial charge in [-0.3, -0.25) is 4.79 Å². The number of cyclic esters (lactones) is 1. The summed E-state index contributed by atoms with van der Waals surface area (Å²) in [6.07, 6.45) is 9.30. The molecule has 3 fully saturated rings. The Hall–Kier alpha value is -1.39. The number of hydrogen-bond acceptors (Lipinski definition) is 4. The summed E-state index contributed by atoms with van der Waals surface area (Å²) >= 11 is 0. The second kappa shape index (κ2) is 6.16. The molecule has 4 nitrogen and oxygen atoms in total. The Kier molecular flexibility index (Phi) is 4.47. The first-order chi connectivity index (χ1) is 11.3. The third kappa shape index (κ3) is 2.98. The second-order valence-corrected chi connectivity index (χ2v) is 7.88. The number of aliphatic hydroxyl groups is 1. The molecule has 0 bridgehead atoms. The van der Waals surface area contributed by atoms with Crippen LogP contribution < -0.4 is 0 Å². The molecule has 5 unspecified atom stereocenters. The molecule has 0 aromatic carbocycles. The standard InChI is InChI=1S/C20H28O4/c1-13(2)6-5-10-20(12-21)15-9-11-19(4)16(23-19)8-7-14(3)17(15)18(22)24-20/h5-6,10,15-17,21H,3,7-9,11-12H2,1-2,4H3. The van der Waals surface area contributed by atoms with Crippen molar-refractivity contribution in [1.82, 2.24) is 0 Å². The first kappa shape index (κ1) is 17.4. The van der Waals surface area contributed by atoms with Gasteiger partial charge in [-0.2, -0.15) is 0 Å². The first-order valence-corrected chi connectivity index (χ1v) is 8.83. The molecule has 0 amide bonds. The van der Waals surface area contributed by atoms with Gasteiger partial charge in [0.05, 0.1) is 24.2 Å². The third-order valence-corrected chi connectivity index (χ3v) is 5.78. The quantitative estimate of drug-likeness (QED) is 0.373. The van der Waals surface area contributed by atoms with Gasteiger partial charge < -0.3 is 14.6 Å². The number of aliphatic hydroxyl groups excluding tert-OH is 1. The molecule has 4 heteroatoms. The van der Waals surface area contributed by atoms with Crippen LogP contribution in [0, 0.1) is 11.8 Å². The summed E-state index contributed by atoms with van der Waals surface area (Å²) in [6, 6.07) is 0. The van der Waals surface area contributed by atoms with E-state index in [-0.39, 0.29) is 36.1 Å². The highest BCUT2D eigenvalue weighted by Crippen LogP contribution is 2.52. The van der Waals surface area contributed by atoms with E-state index >= 15 is 0 Å². The normalized spacial score (nSPS) is 41.8. The van der Waals surface area contributed by atoms with Crippen molar-refractivity contribution >= 4 is 5.97 Å². The van der Waals surface area contributed by atoms with Crippen molar-refractivity contribution in [2.45, 2.75) is 63.8 Å². The topological polar surface area (TPSA) is 59.1 Å². The van der Waals surface area contributed by atoms with Gasteiger partial charge in [-0.1, -0.05) is 29.9 Å². The predicted octanol–water partition coefficient (Wildman–Crippen LogP) is 3.32. The van der Waals surface area contributed by atoms with Gasteiger partial charge in [0.1, 0.15) is 0 Å². The van der Waals surface area contributed by atoms with Gasteiger partial charge in [-0.05, 0) is 52.5 Å². The summed E-state index contributed by atoms with van der Waals surface area (Å²) in [6.45, 7) is 10.1. The molecule has 1 N–H and O–H groups in total. The van der Waals surface area contributed by atoms with Crippen molar-refractivity contribution in [3.05, 3.63) is 36.0 Å². The summed E-state index contributed by atoms with van der Waals surface area (Å²) in [4.78, 5) is 12.6. The zero-order valence-electron chi connectivity index (χ0n) is 14.9. The lowest BCUT2D eigenvalue weighted by Gasteiger charge is -2.31. The number of allylic oxidation sites excluding steroid dienone is 3. The smallest absolute Gasteiger partial charge is 0.314 e. The summed E-state index contributed by atoms with van der Waals surface area (Å²) in [5, 5.41) is 10.1. The van der Waals surface area contributed by atoms with Gasteiger partial charge in [-0.25, -0.2) is 0 Å². The van der Waals surface area contributed by atoms with Crippen molar-refractivity contribution in [2.75, 3.05) is 6.61 Å². The van der Waals surface area contributed by atoms with Crippen LogP contribution in [0.2, 0.25) is 0 Å². The van der Waals surface area contributed by atoms with Crippen molar-refractivity contribution in [3.8, 4) is 0 Å². The molecule has 2 saturated heterocycles. The maximum atomic E-state index is 12.6. The predicted molar refractivity (Wildman–Crippen MR) is 92.3 cm³/mol. The first-order valence-electron chi connectivity index (χ1n) is 8.83. The molecule has 3 aliphatic rings. The average Bonchev–Trinajstić information content (AvgIpc) is 3.06. The van der Waals surface area contributed by atoms with E-state index in [0.717, 1.165) is 36.8 Å². The molecule has 1 saturated carbocycles. The molecular weight excluding hydrogens is 304 g/mol. The summed E-state index contributed by atoms with van der Waals surface area (Å²) in [5.41, 5.74) is 1.02. The summed E-state index contributed by atoms with van der Waals surface area (Å²) in [7, 11) is 0. The average molecular weight is 332 g/mol. The van der Waals surface area contributed by atoms with E-state index in [1.807, 2.05) is 32.1 Å². The maximum absolute atomic E-state index is 12.6. The fraction of sp³-hybridized carbons (Fsp3) is 0.650. The van der Waals surface area contributed by atoms with Crippen molar-refractivity contribution < 1.29 is 19.4 Å². The molecule has 132 valence electrons. The minimum atomic E-state index is -0.957. The highest BCUT2D eigenvalue weighted by molar-refractivity contribution is 5.79. The second-order valence-electron chi connectivity index (χ2n) is 7.88. The van der Waals surface area contributed by atoms with E-state index in [2.05, 4.69) is 13.5 Å². The van der Waals surface area contributed by atoms with Crippen LogP contribution in [0.25, 0.3) is 0 Å². The van der Waals surface area contributed by atoms with Crippen LogP contribution in [0.3, 0.4) is 0 Å². The minimum Gasteiger partial charge on any atom is -0.452 e. The molecule has 0 spiro atoms. The van der Waals surface area contributed by atoms with Crippen molar-refractivity contribution in [2.24, 2.45) is 11.8 Å². The Bertz CT molecular complexity index is 601. The Morgan fingerprint density at radius 2 is 2.17 bits per heavy atom. The number of carbonyl (C=O) groups excluding carboxylic acids is 1. The zero-order chi connectivity index (χ0) is 17.5. The number of fused-ring (bicyclic) bond motifs is 2. The van der Waals surface area contributed by atoms with Gasteiger partial charge in [-0.15, -0.1) is 0 Å². The molecule has 1 aliphatic carbocycles. The fourth-order valence-electron chi connectivity index (χ4n) is 4.19. The molecule has 0 aromatic heterocycles. The number of carbonyl (C=O) groups is 1. The van der Waals surface area contributed by atoms with Crippen LogP contribution in [-0.2, 0) is 14.3 Å². The highest BCUT2D eigenvalue weighted by Gasteiger charge is 2.58. The van der Waals surface area contributed by atoms with Gasteiger partial charge >= 0.3 is 5.97 Å². The van der Waals surface area contributed by atoms with Gasteiger partial charge in [0.2, 0.25) is 0 Å². The van der Waals surface area contributed by atoms with E-state index in [9.17, 15) is 9.90 Å². The Morgan fingerprint density at radius 3 is 2.83 bits per heavy atom. The Morgan fingerprint density at radius 1 is 1.42 bits per heavy atom. The fourth-order valence-corrected chi connectivity index (χ4v) is 4.19. The van der Waals surface area contributed by atoms with Crippen LogP contribution in [0.15, 0.2) is 36.0 Å². The molecular formula is C20H28O4. The monoisotopic (exact) mass is 332 g/mol. The van der Waals surface area contributed by atoms with E-state index in [1.165, 1.54) is 0 Å². The lowest BCUT2D eigenvalue weighted by Crippen LogP contribution is -2.39. The van der Waals surface area contributed by atoms with Crippen molar-refractivity contribution in [1.29, 1.82) is 0 Å². The lowest BCUT2D eigenvalue weighted by atomic mass is 9.74. The minimum absolute atomic E-state index is 0.0916. The molecule has 2 aliphatic heterocycles. The van der Waals surface area contributed by atoms with Crippen LogP contribution in [0.5, 0.6) is 0 Å². The molecule has 5 atom stereocenters. The number of esters is 1. The summed E-state index contributed by atoms with van der Waals surface area (Å²) in [5.74, 6) is -0.666. The number of ether oxygens (including phenoxy) is 2. The highest BCUT2D eigenvalue weighted by atomic mass is 16.6. The maximum Gasteiger partial charge on any atom is 0.314 e. The molecule has 3 rings (SSSR count). The largest absolute Gasteiger partial charge is 0.452 e. The van der Waals surface area contributed by atoms with Crippen LogP contribution >= 0.6 is 0 Å². The van der Waals surface area contributed by atoms with Gasteiger partial charge in [0.25, 0.3) is 0 Å². The SMILES string of the molecule is C=C1CCC2OC2(C)CCC2C1C(=O)OC2(C=CC=C(C)C)CO. The van der Waals surface area contributed by atoms with E-state index < -0.39 is 5.60 Å². The molecule has 24 heavy (non-hydrogen) atoms. The molecule has 2 heterocycles. The Balaban J connectivity index is 1.92. The van der Waals surface area contributed by atoms with Gasteiger partial charge in [0, 0.05) is 5.92 Å². The van der Waals surface area contributed by atoms with E-state index in [1.54, 1.807) is 0 Å². The number of epoxide rings is 1. The van der Waals surface area contributed by atoms with Gasteiger partial charge in [0.15, 0.2) is 5.60 Å².